The molecule has 3 rings (SSSR count). The molecule has 0 saturated carbocycles. The van der Waals surface area contributed by atoms with Crippen molar-refractivity contribution >= 4 is 28.3 Å². The van der Waals surface area contributed by atoms with Gasteiger partial charge in [-0.2, -0.15) is 10.6 Å². The minimum absolute atomic E-state index is 0.0141. The number of nitrogens with zero attached hydrogens (tertiary/aromatic N) is 1. The average Bonchev–Trinajstić information content (AvgIpc) is 2.97. The first kappa shape index (κ1) is 19.6. The van der Waals surface area contributed by atoms with Gasteiger partial charge in [0.25, 0.3) is 0 Å². The van der Waals surface area contributed by atoms with E-state index in [2.05, 4.69) is 5.32 Å². The third-order valence-electron chi connectivity index (χ3n) is 4.53. The summed E-state index contributed by atoms with van der Waals surface area (Å²) in [6, 6.07) is 3.97. The highest BCUT2D eigenvalue weighted by Gasteiger charge is 2.36. The van der Waals surface area contributed by atoms with Gasteiger partial charge in [-0.3, -0.25) is 18.8 Å². The first-order valence-electron chi connectivity index (χ1n) is 8.30. The van der Waals surface area contributed by atoms with Crippen molar-refractivity contribution in [3.05, 3.63) is 41.1 Å². The molecular weight excluding hydrogens is 379 g/mol. The molecule has 0 aliphatic carbocycles. The zero-order valence-corrected chi connectivity index (χ0v) is 15.4. The molecule has 27 heavy (non-hydrogen) atoms. The van der Waals surface area contributed by atoms with Crippen LogP contribution in [0, 0.1) is 5.82 Å². The van der Waals surface area contributed by atoms with Crippen LogP contribution in [-0.4, -0.2) is 51.2 Å². The Kier molecular flexibility index (Phi) is 5.17. The van der Waals surface area contributed by atoms with Gasteiger partial charge in [-0.25, -0.2) is 9.18 Å². The number of rotatable bonds is 4. The topological polar surface area (TPSA) is 119 Å². The average molecular weight is 400 g/mol. The summed E-state index contributed by atoms with van der Waals surface area (Å²) in [5, 5.41) is 14.3. The van der Waals surface area contributed by atoms with Gasteiger partial charge in [-0.1, -0.05) is 6.07 Å². The van der Waals surface area contributed by atoms with Crippen molar-refractivity contribution in [3.63, 3.8) is 0 Å². The van der Waals surface area contributed by atoms with Crippen LogP contribution in [0.2, 0.25) is 0 Å². The number of carbonyl (C=O) groups is 2. The smallest absolute Gasteiger partial charge is 0.414 e. The van der Waals surface area contributed by atoms with Gasteiger partial charge in [0.15, 0.2) is 0 Å². The highest BCUT2D eigenvalue weighted by atomic mass is 32.3. The standard InChI is InChI=1S/C17H21FN2O6S/c1-11(21)19-9-13-10-20(16(22)26-13)12-2-3-14(15(18)8-12)17(23)4-6-27(24,25)7-5-17/h2-4,6,8,13,23-25H,5,7,9-10H2,1H3,(H,19,21)/t13-,17?/m0/s1. The van der Waals surface area contributed by atoms with Crippen molar-refractivity contribution in [3.8, 4) is 0 Å². The Labute approximate surface area is 157 Å². The number of anilines is 1. The molecule has 1 fully saturated rings. The van der Waals surface area contributed by atoms with Crippen molar-refractivity contribution in [2.24, 2.45) is 0 Å². The number of carbonyl (C=O) groups excluding carboxylic acids is 2. The minimum Gasteiger partial charge on any atom is -0.442 e. The van der Waals surface area contributed by atoms with E-state index in [1.54, 1.807) is 0 Å². The third kappa shape index (κ3) is 4.24. The molecule has 1 saturated heterocycles. The second kappa shape index (κ2) is 7.12. The van der Waals surface area contributed by atoms with E-state index in [-0.39, 0.29) is 42.4 Å². The maximum atomic E-state index is 14.7. The van der Waals surface area contributed by atoms with E-state index in [0.29, 0.717) is 0 Å². The molecule has 0 radical (unpaired) electrons. The summed E-state index contributed by atoms with van der Waals surface area (Å²) in [7, 11) is -2.88. The van der Waals surface area contributed by atoms with Gasteiger partial charge in [-0.15, -0.1) is 0 Å². The fourth-order valence-electron chi connectivity index (χ4n) is 3.02. The summed E-state index contributed by atoms with van der Waals surface area (Å²) < 4.78 is 39.0. The molecule has 10 heteroatoms. The van der Waals surface area contributed by atoms with E-state index in [9.17, 15) is 28.2 Å². The molecule has 4 N–H and O–H groups in total. The Hall–Kier alpha value is -2.14. The van der Waals surface area contributed by atoms with Crippen molar-refractivity contribution in [1.29, 1.82) is 0 Å². The van der Waals surface area contributed by atoms with Crippen molar-refractivity contribution in [1.82, 2.24) is 5.32 Å². The maximum absolute atomic E-state index is 14.7. The number of aliphatic hydroxyl groups is 1. The third-order valence-corrected chi connectivity index (χ3v) is 5.91. The Balaban J connectivity index is 1.77. The van der Waals surface area contributed by atoms with E-state index in [0.717, 1.165) is 11.5 Å². The van der Waals surface area contributed by atoms with Crippen LogP contribution in [0.5, 0.6) is 0 Å². The van der Waals surface area contributed by atoms with Gasteiger partial charge in [0.2, 0.25) is 5.91 Å². The molecule has 2 amide bonds. The summed E-state index contributed by atoms with van der Waals surface area (Å²) in [4.78, 5) is 24.2. The van der Waals surface area contributed by atoms with Gasteiger partial charge in [0, 0.05) is 30.1 Å². The quantitative estimate of drug-likeness (QED) is 0.615. The van der Waals surface area contributed by atoms with E-state index in [4.69, 9.17) is 4.74 Å². The summed E-state index contributed by atoms with van der Waals surface area (Å²) in [6.07, 6.45) is -0.0352. The second-order valence-electron chi connectivity index (χ2n) is 6.62. The number of ether oxygens (including phenoxy) is 1. The predicted octanol–water partition coefficient (Wildman–Crippen LogP) is 2.14. The number of benzene rings is 1. The van der Waals surface area contributed by atoms with Crippen LogP contribution in [0.25, 0.3) is 0 Å². The highest BCUT2D eigenvalue weighted by molar-refractivity contribution is 8.26. The van der Waals surface area contributed by atoms with Crippen LogP contribution < -0.4 is 10.2 Å². The zero-order chi connectivity index (χ0) is 19.8. The van der Waals surface area contributed by atoms with E-state index in [1.165, 1.54) is 30.0 Å². The van der Waals surface area contributed by atoms with Gasteiger partial charge < -0.3 is 15.2 Å². The lowest BCUT2D eigenvalue weighted by Gasteiger charge is -2.38. The van der Waals surface area contributed by atoms with E-state index >= 15 is 0 Å². The van der Waals surface area contributed by atoms with Crippen LogP contribution in [0.3, 0.4) is 0 Å². The molecule has 2 aliphatic heterocycles. The Morgan fingerprint density at radius 3 is 2.81 bits per heavy atom. The molecule has 1 aromatic carbocycles. The molecule has 8 nitrogen and oxygen atoms in total. The largest absolute Gasteiger partial charge is 0.442 e. The van der Waals surface area contributed by atoms with Crippen molar-refractivity contribution < 1.29 is 32.9 Å². The van der Waals surface area contributed by atoms with Crippen molar-refractivity contribution in [2.75, 3.05) is 23.7 Å². The van der Waals surface area contributed by atoms with Gasteiger partial charge in [-0.05, 0) is 18.2 Å². The number of hydrogen-bond acceptors (Lipinski definition) is 6. The molecule has 0 spiro atoms. The van der Waals surface area contributed by atoms with Crippen LogP contribution >= 0.6 is 10.6 Å². The summed E-state index contributed by atoms with van der Waals surface area (Å²) in [5.41, 5.74) is -1.40. The summed E-state index contributed by atoms with van der Waals surface area (Å²) in [6.45, 7) is 1.67. The lowest BCUT2D eigenvalue weighted by molar-refractivity contribution is -0.119. The molecule has 1 unspecified atom stereocenters. The van der Waals surface area contributed by atoms with Crippen LogP contribution in [0.1, 0.15) is 18.9 Å². The Bertz CT molecular complexity index is 802. The van der Waals surface area contributed by atoms with Gasteiger partial charge in [0.1, 0.15) is 17.5 Å². The number of amides is 2. The molecule has 2 aliphatic rings. The Morgan fingerprint density at radius 1 is 1.48 bits per heavy atom. The maximum Gasteiger partial charge on any atom is 0.414 e. The number of cyclic esters (lactones) is 1. The fourth-order valence-corrected chi connectivity index (χ4v) is 4.21. The van der Waals surface area contributed by atoms with Gasteiger partial charge in [0.05, 0.1) is 18.8 Å². The monoisotopic (exact) mass is 400 g/mol. The van der Waals surface area contributed by atoms with Crippen LogP contribution in [-0.2, 0) is 15.1 Å². The number of hydrogen-bond donors (Lipinski definition) is 4. The predicted molar refractivity (Wildman–Crippen MR) is 98.1 cm³/mol. The molecule has 1 aromatic rings. The fraction of sp³-hybridized carbons (Fsp3) is 0.412. The highest BCUT2D eigenvalue weighted by Crippen LogP contribution is 2.49. The normalized spacial score (nSPS) is 28.0. The SMILES string of the molecule is CC(=O)NC[C@H]1CN(c2ccc(C3(O)C=CS(O)(O)CC3)c(F)c2)C(=O)O1. The number of nitrogens with one attached hydrogen (secondary N) is 1. The first-order valence-corrected chi connectivity index (χ1v) is 10.1. The van der Waals surface area contributed by atoms with Crippen LogP contribution in [0.15, 0.2) is 29.7 Å². The molecular formula is C17H21FN2O6S. The minimum atomic E-state index is -2.88. The van der Waals surface area contributed by atoms with Gasteiger partial charge >= 0.3 is 6.09 Å². The molecule has 2 atom stereocenters. The lowest BCUT2D eigenvalue weighted by atomic mass is 9.90. The first-order chi connectivity index (χ1) is 12.6. The molecule has 0 bridgehead atoms. The second-order valence-corrected chi connectivity index (χ2v) is 8.73. The zero-order valence-electron chi connectivity index (χ0n) is 14.6. The van der Waals surface area contributed by atoms with Crippen LogP contribution in [0.4, 0.5) is 14.9 Å². The lowest BCUT2D eigenvalue weighted by Crippen LogP contribution is -2.33. The molecule has 0 aromatic heterocycles. The summed E-state index contributed by atoms with van der Waals surface area (Å²) >= 11 is 0. The molecule has 2 heterocycles. The van der Waals surface area contributed by atoms with E-state index in [1.807, 2.05) is 0 Å². The van der Waals surface area contributed by atoms with E-state index < -0.39 is 34.2 Å². The molecule has 148 valence electrons. The number of halogens is 1. The Morgan fingerprint density at radius 2 is 2.22 bits per heavy atom. The summed E-state index contributed by atoms with van der Waals surface area (Å²) in [5.74, 6) is -1.04. The van der Waals surface area contributed by atoms with Crippen molar-refractivity contribution in [2.45, 2.75) is 25.0 Å².